The summed E-state index contributed by atoms with van der Waals surface area (Å²) in [7, 11) is 0. The molecule has 0 aliphatic carbocycles. The summed E-state index contributed by atoms with van der Waals surface area (Å²) in [5.41, 5.74) is 1.32. The van der Waals surface area contributed by atoms with E-state index >= 15 is 0 Å². The van der Waals surface area contributed by atoms with Crippen LogP contribution in [-0.2, 0) is 19.1 Å². The van der Waals surface area contributed by atoms with Crippen molar-refractivity contribution in [2.24, 2.45) is 11.8 Å². The summed E-state index contributed by atoms with van der Waals surface area (Å²) in [5.74, 6) is -0.809. The van der Waals surface area contributed by atoms with Crippen molar-refractivity contribution in [3.05, 3.63) is 42.0 Å². The van der Waals surface area contributed by atoms with Crippen molar-refractivity contribution in [1.29, 1.82) is 0 Å². The molecule has 3 amide bonds. The maximum absolute atomic E-state index is 13.5. The minimum atomic E-state index is -0.737. The fourth-order valence-corrected chi connectivity index (χ4v) is 5.24. The summed E-state index contributed by atoms with van der Waals surface area (Å²) in [6, 6.07) is 8.06. The predicted octanol–water partition coefficient (Wildman–Crippen LogP) is 1.44. The fourth-order valence-electron chi connectivity index (χ4n) is 5.24. The predicted molar refractivity (Wildman–Crippen MR) is 111 cm³/mol. The van der Waals surface area contributed by atoms with Crippen molar-refractivity contribution >= 4 is 23.4 Å². The molecule has 30 heavy (non-hydrogen) atoms. The molecule has 2 bridgehead atoms. The monoisotopic (exact) mass is 409 g/mol. The maximum Gasteiger partial charge on any atom is 0.234 e. The van der Waals surface area contributed by atoms with Crippen LogP contribution in [0.4, 0.5) is 5.69 Å². The zero-order chi connectivity index (χ0) is 21.0. The highest BCUT2D eigenvalue weighted by Gasteiger charge is 2.67. The van der Waals surface area contributed by atoms with Crippen LogP contribution in [0, 0.1) is 11.8 Å². The van der Waals surface area contributed by atoms with Gasteiger partial charge in [0.05, 0.1) is 24.5 Å². The zero-order valence-corrected chi connectivity index (χ0v) is 17.3. The van der Waals surface area contributed by atoms with Gasteiger partial charge >= 0.3 is 0 Å². The van der Waals surface area contributed by atoms with Crippen LogP contribution in [0.2, 0.25) is 0 Å². The Hall–Kier alpha value is -2.67. The Morgan fingerprint density at radius 2 is 1.97 bits per heavy atom. The first-order valence-corrected chi connectivity index (χ1v) is 10.7. The number of hydrogen-bond donors (Lipinski definition) is 1. The highest BCUT2D eigenvalue weighted by Crippen LogP contribution is 2.53. The van der Waals surface area contributed by atoms with E-state index in [4.69, 9.17) is 4.74 Å². The first-order valence-electron chi connectivity index (χ1n) is 10.7. The summed E-state index contributed by atoms with van der Waals surface area (Å²) in [6.45, 7) is 5.99. The number of anilines is 1. The quantitative estimate of drug-likeness (QED) is 0.767. The number of fused-ring (bicyclic) bond motifs is 1. The van der Waals surface area contributed by atoms with E-state index in [1.54, 1.807) is 9.80 Å². The van der Waals surface area contributed by atoms with Crippen LogP contribution in [0.5, 0.6) is 0 Å². The van der Waals surface area contributed by atoms with Crippen molar-refractivity contribution in [2.45, 2.75) is 37.9 Å². The third-order valence-corrected chi connectivity index (χ3v) is 6.88. The summed E-state index contributed by atoms with van der Waals surface area (Å²) in [4.78, 5) is 42.0. The van der Waals surface area contributed by atoms with Crippen molar-refractivity contribution in [3.8, 4) is 0 Å². The van der Waals surface area contributed by atoms with Gasteiger partial charge in [0.2, 0.25) is 17.7 Å². The zero-order valence-electron chi connectivity index (χ0n) is 17.3. The maximum atomic E-state index is 13.5. The van der Waals surface area contributed by atoms with Crippen LogP contribution < -0.4 is 10.2 Å². The Morgan fingerprint density at radius 1 is 1.20 bits per heavy atom. The van der Waals surface area contributed by atoms with Gasteiger partial charge in [-0.2, -0.15) is 0 Å². The second-order valence-electron chi connectivity index (χ2n) is 9.00. The van der Waals surface area contributed by atoms with Gasteiger partial charge in [-0.3, -0.25) is 14.4 Å². The Labute approximate surface area is 176 Å². The normalized spacial score (nSPS) is 32.6. The SMILES string of the molecule is CC(C)c1ccc(N2C[C@]34C=C[C@H](O3)[C@@H](C(=O)N3CCNC(=O)CC3)[C@H]4C2=O)cc1. The van der Waals surface area contributed by atoms with E-state index in [1.807, 2.05) is 24.3 Å². The fraction of sp³-hybridized carbons (Fsp3) is 0.522. The molecule has 4 heterocycles. The molecule has 4 atom stereocenters. The molecule has 0 radical (unpaired) electrons. The topological polar surface area (TPSA) is 79.0 Å². The van der Waals surface area contributed by atoms with E-state index in [2.05, 4.69) is 31.3 Å². The Kier molecular flexibility index (Phi) is 4.47. The number of nitrogens with zero attached hydrogens (tertiary/aromatic N) is 2. The summed E-state index contributed by atoms with van der Waals surface area (Å²) in [6.07, 6.45) is 3.82. The number of benzene rings is 1. The number of carbonyl (C=O) groups is 3. The minimum absolute atomic E-state index is 0.0428. The number of nitrogens with one attached hydrogen (secondary N) is 1. The number of rotatable bonds is 3. The molecule has 3 fully saturated rings. The number of hydrogen-bond acceptors (Lipinski definition) is 4. The van der Waals surface area contributed by atoms with Gasteiger partial charge in [0.1, 0.15) is 5.60 Å². The first-order chi connectivity index (χ1) is 14.4. The number of ether oxygens (including phenoxy) is 1. The molecule has 0 unspecified atom stereocenters. The van der Waals surface area contributed by atoms with Gasteiger partial charge in [0.15, 0.2) is 0 Å². The molecule has 1 aromatic carbocycles. The van der Waals surface area contributed by atoms with Gasteiger partial charge in [-0.25, -0.2) is 0 Å². The average Bonchev–Trinajstić information content (AvgIpc) is 3.32. The summed E-state index contributed by atoms with van der Waals surface area (Å²) in [5, 5.41) is 2.80. The van der Waals surface area contributed by atoms with Gasteiger partial charge in [-0.05, 0) is 23.6 Å². The van der Waals surface area contributed by atoms with E-state index in [0.717, 1.165) is 5.69 Å². The van der Waals surface area contributed by atoms with E-state index in [1.165, 1.54) is 5.56 Å². The highest BCUT2D eigenvalue weighted by atomic mass is 16.5. The molecule has 5 rings (SSSR count). The molecule has 1 spiro atoms. The van der Waals surface area contributed by atoms with Gasteiger partial charge in [0.25, 0.3) is 0 Å². The van der Waals surface area contributed by atoms with Crippen LogP contribution in [0.3, 0.4) is 0 Å². The van der Waals surface area contributed by atoms with Crippen molar-refractivity contribution in [1.82, 2.24) is 10.2 Å². The Morgan fingerprint density at radius 3 is 2.70 bits per heavy atom. The molecule has 7 nitrogen and oxygen atoms in total. The second-order valence-corrected chi connectivity index (χ2v) is 9.00. The van der Waals surface area contributed by atoms with Crippen molar-refractivity contribution < 1.29 is 19.1 Å². The van der Waals surface area contributed by atoms with Crippen LogP contribution in [0.25, 0.3) is 0 Å². The Balaban J connectivity index is 1.41. The lowest BCUT2D eigenvalue weighted by Crippen LogP contribution is -2.47. The van der Waals surface area contributed by atoms with Crippen LogP contribution >= 0.6 is 0 Å². The molecule has 4 aliphatic heterocycles. The number of carbonyl (C=O) groups excluding carboxylic acids is 3. The van der Waals surface area contributed by atoms with Crippen LogP contribution in [-0.4, -0.2) is 60.5 Å². The van der Waals surface area contributed by atoms with Gasteiger partial charge < -0.3 is 19.9 Å². The smallest absolute Gasteiger partial charge is 0.234 e. The Bertz CT molecular complexity index is 925. The van der Waals surface area contributed by atoms with Crippen molar-refractivity contribution in [3.63, 3.8) is 0 Å². The van der Waals surface area contributed by atoms with Crippen LogP contribution in [0.15, 0.2) is 36.4 Å². The molecule has 3 saturated heterocycles. The van der Waals surface area contributed by atoms with E-state index < -0.39 is 17.4 Å². The van der Waals surface area contributed by atoms with E-state index in [9.17, 15) is 14.4 Å². The molecule has 4 aliphatic rings. The van der Waals surface area contributed by atoms with Gasteiger partial charge in [-0.1, -0.05) is 38.1 Å². The lowest BCUT2D eigenvalue weighted by molar-refractivity contribution is -0.140. The lowest BCUT2D eigenvalue weighted by Gasteiger charge is -2.29. The molecule has 0 aromatic heterocycles. The molecule has 158 valence electrons. The van der Waals surface area contributed by atoms with E-state index in [-0.39, 0.29) is 30.2 Å². The largest absolute Gasteiger partial charge is 0.360 e. The molecule has 0 saturated carbocycles. The standard InChI is InChI=1S/C23H27N3O4/c1-14(2)15-3-5-16(6-4-15)26-13-23-9-7-17(30-23)19(20(23)22(26)29)21(28)25-11-8-18(27)24-10-12-25/h3-7,9,14,17,19-20H,8,10-13H2,1-2H3,(H,24,27)/t17-,19+,20-,23-/m0/s1. The van der Waals surface area contributed by atoms with Gasteiger partial charge in [-0.15, -0.1) is 0 Å². The minimum Gasteiger partial charge on any atom is -0.360 e. The molecular weight excluding hydrogens is 382 g/mol. The van der Waals surface area contributed by atoms with Gasteiger partial charge in [0, 0.05) is 31.7 Å². The molecule has 7 heteroatoms. The van der Waals surface area contributed by atoms with Crippen LogP contribution in [0.1, 0.15) is 31.7 Å². The molecule has 1 aromatic rings. The summed E-state index contributed by atoms with van der Waals surface area (Å²) >= 11 is 0. The van der Waals surface area contributed by atoms with E-state index in [0.29, 0.717) is 32.1 Å². The first kappa shape index (κ1) is 19.3. The van der Waals surface area contributed by atoms with Crippen molar-refractivity contribution in [2.75, 3.05) is 31.1 Å². The third-order valence-electron chi connectivity index (χ3n) is 6.88. The lowest BCUT2D eigenvalue weighted by atomic mass is 9.76. The third kappa shape index (κ3) is 2.87. The summed E-state index contributed by atoms with van der Waals surface area (Å²) < 4.78 is 6.24. The highest BCUT2D eigenvalue weighted by molar-refractivity contribution is 6.03. The average molecular weight is 409 g/mol. The number of amides is 3. The second kappa shape index (κ2) is 6.94. The molecular formula is C23H27N3O4. The molecule has 1 N–H and O–H groups in total.